The summed E-state index contributed by atoms with van der Waals surface area (Å²) in [6.07, 6.45) is 5.92. The van der Waals surface area contributed by atoms with E-state index in [4.69, 9.17) is 4.98 Å². The number of anilines is 1. The second-order valence-electron chi connectivity index (χ2n) is 6.86. The van der Waals surface area contributed by atoms with E-state index < -0.39 is 11.7 Å². The lowest BCUT2D eigenvalue weighted by Crippen LogP contribution is -2.17. The van der Waals surface area contributed by atoms with Gasteiger partial charge in [-0.15, -0.1) is 0 Å². The minimum Gasteiger partial charge on any atom is -0.320 e. The molecule has 0 spiro atoms. The second-order valence-corrected chi connectivity index (χ2v) is 6.86. The number of aryl methyl sites for hydroxylation is 3. The highest BCUT2D eigenvalue weighted by molar-refractivity contribution is 6.09. The van der Waals surface area contributed by atoms with Crippen LogP contribution in [0.4, 0.5) is 10.1 Å². The Hall–Kier alpha value is -3.61. The van der Waals surface area contributed by atoms with Gasteiger partial charge in [-0.25, -0.2) is 9.37 Å². The van der Waals surface area contributed by atoms with Crippen molar-refractivity contribution in [1.29, 1.82) is 0 Å². The van der Waals surface area contributed by atoms with Crippen LogP contribution in [0.5, 0.6) is 0 Å². The molecular formula is C22H20FN5O. The zero-order valence-corrected chi connectivity index (χ0v) is 16.4. The van der Waals surface area contributed by atoms with Crippen molar-refractivity contribution in [1.82, 2.24) is 19.7 Å². The van der Waals surface area contributed by atoms with E-state index in [0.29, 0.717) is 34.4 Å². The molecule has 2 aromatic heterocycles. The number of rotatable bonds is 4. The molecule has 0 fully saturated rings. The molecular weight excluding hydrogens is 369 g/mol. The number of carbonyl (C=O) groups is 1. The van der Waals surface area contributed by atoms with Crippen LogP contribution in [0.2, 0.25) is 0 Å². The van der Waals surface area contributed by atoms with E-state index in [0.717, 1.165) is 11.1 Å². The fourth-order valence-corrected chi connectivity index (χ4v) is 3.34. The van der Waals surface area contributed by atoms with Gasteiger partial charge in [-0.3, -0.25) is 14.5 Å². The van der Waals surface area contributed by atoms with Gasteiger partial charge in [0.1, 0.15) is 11.3 Å². The van der Waals surface area contributed by atoms with E-state index in [-0.39, 0.29) is 5.56 Å². The Bertz CT molecular complexity index is 1210. The number of carbonyl (C=O) groups excluding carboxylic acids is 1. The SMILES string of the molecule is CCc1ccc2ncc(-c3cnn(C)c3)nc2c1NC(=O)c1c(C)cccc1F. The molecule has 1 N–H and O–H groups in total. The van der Waals surface area contributed by atoms with Gasteiger partial charge < -0.3 is 5.32 Å². The van der Waals surface area contributed by atoms with Gasteiger partial charge in [-0.2, -0.15) is 5.10 Å². The van der Waals surface area contributed by atoms with E-state index in [9.17, 15) is 9.18 Å². The van der Waals surface area contributed by atoms with Crippen molar-refractivity contribution in [2.45, 2.75) is 20.3 Å². The van der Waals surface area contributed by atoms with Crippen LogP contribution >= 0.6 is 0 Å². The maximum atomic E-state index is 14.3. The third-order valence-corrected chi connectivity index (χ3v) is 4.87. The summed E-state index contributed by atoms with van der Waals surface area (Å²) in [5, 5.41) is 7.06. The minimum atomic E-state index is -0.553. The van der Waals surface area contributed by atoms with E-state index in [1.807, 2.05) is 32.3 Å². The van der Waals surface area contributed by atoms with Crippen molar-refractivity contribution in [3.8, 4) is 11.3 Å². The van der Waals surface area contributed by atoms with Crippen molar-refractivity contribution < 1.29 is 9.18 Å². The Kier molecular flexibility index (Phi) is 4.80. The van der Waals surface area contributed by atoms with E-state index in [1.54, 1.807) is 36.1 Å². The first-order valence-corrected chi connectivity index (χ1v) is 9.32. The molecule has 7 heteroatoms. The maximum Gasteiger partial charge on any atom is 0.258 e. The molecule has 2 heterocycles. The summed E-state index contributed by atoms with van der Waals surface area (Å²) < 4.78 is 16.0. The number of halogens is 1. The van der Waals surface area contributed by atoms with Crippen LogP contribution in [0, 0.1) is 12.7 Å². The summed E-state index contributed by atoms with van der Waals surface area (Å²) in [6.45, 7) is 3.70. The molecule has 0 saturated heterocycles. The van der Waals surface area contributed by atoms with Crippen LogP contribution in [0.1, 0.15) is 28.4 Å². The summed E-state index contributed by atoms with van der Waals surface area (Å²) in [5.41, 5.74) is 4.74. The van der Waals surface area contributed by atoms with Gasteiger partial charge in [0.15, 0.2) is 0 Å². The molecule has 4 rings (SSSR count). The summed E-state index contributed by atoms with van der Waals surface area (Å²) >= 11 is 0. The topological polar surface area (TPSA) is 72.7 Å². The third-order valence-electron chi connectivity index (χ3n) is 4.87. The number of amides is 1. The van der Waals surface area contributed by atoms with Gasteiger partial charge in [-0.05, 0) is 36.6 Å². The fourth-order valence-electron chi connectivity index (χ4n) is 3.34. The van der Waals surface area contributed by atoms with Crippen molar-refractivity contribution in [2.75, 3.05) is 5.32 Å². The van der Waals surface area contributed by atoms with E-state index in [2.05, 4.69) is 15.4 Å². The fraction of sp³-hybridized carbons (Fsp3) is 0.182. The van der Waals surface area contributed by atoms with E-state index >= 15 is 0 Å². The Labute approximate surface area is 167 Å². The average Bonchev–Trinajstić information content (AvgIpc) is 3.14. The lowest BCUT2D eigenvalue weighted by molar-refractivity contribution is 0.102. The Morgan fingerprint density at radius 3 is 2.72 bits per heavy atom. The highest BCUT2D eigenvalue weighted by atomic mass is 19.1. The molecule has 29 heavy (non-hydrogen) atoms. The van der Waals surface area contributed by atoms with Crippen molar-refractivity contribution in [3.05, 3.63) is 71.4 Å². The van der Waals surface area contributed by atoms with Crippen molar-refractivity contribution in [2.24, 2.45) is 7.05 Å². The molecule has 146 valence electrons. The highest BCUT2D eigenvalue weighted by Crippen LogP contribution is 2.29. The van der Waals surface area contributed by atoms with Gasteiger partial charge in [0.25, 0.3) is 5.91 Å². The molecule has 1 amide bonds. The molecule has 6 nitrogen and oxygen atoms in total. The van der Waals surface area contributed by atoms with Gasteiger partial charge >= 0.3 is 0 Å². The summed E-state index contributed by atoms with van der Waals surface area (Å²) in [6, 6.07) is 8.36. The normalized spacial score (nSPS) is 11.0. The number of benzene rings is 2. The lowest BCUT2D eigenvalue weighted by Gasteiger charge is -2.14. The quantitative estimate of drug-likeness (QED) is 0.565. The predicted molar refractivity (Wildman–Crippen MR) is 110 cm³/mol. The second kappa shape index (κ2) is 7.43. The zero-order chi connectivity index (χ0) is 20.5. The third kappa shape index (κ3) is 3.47. The predicted octanol–water partition coefficient (Wildman–Crippen LogP) is 4.29. The number of fused-ring (bicyclic) bond motifs is 1. The number of nitrogens with one attached hydrogen (secondary N) is 1. The maximum absolute atomic E-state index is 14.3. The summed E-state index contributed by atoms with van der Waals surface area (Å²) in [4.78, 5) is 22.1. The molecule has 0 aliphatic heterocycles. The number of hydrogen-bond donors (Lipinski definition) is 1. The highest BCUT2D eigenvalue weighted by Gasteiger charge is 2.18. The zero-order valence-electron chi connectivity index (χ0n) is 16.4. The molecule has 0 aliphatic rings. The van der Waals surface area contributed by atoms with Gasteiger partial charge in [0, 0.05) is 18.8 Å². The van der Waals surface area contributed by atoms with Crippen LogP contribution in [-0.4, -0.2) is 25.7 Å². The minimum absolute atomic E-state index is 0.0305. The molecule has 0 aliphatic carbocycles. The number of nitrogens with zero attached hydrogens (tertiary/aromatic N) is 4. The molecule has 0 bridgehead atoms. The molecule has 4 aromatic rings. The number of aromatic nitrogens is 4. The molecule has 0 unspecified atom stereocenters. The van der Waals surface area contributed by atoms with E-state index in [1.165, 1.54) is 6.07 Å². The van der Waals surface area contributed by atoms with Crippen LogP contribution < -0.4 is 5.32 Å². The Morgan fingerprint density at radius 2 is 2.03 bits per heavy atom. The first-order chi connectivity index (χ1) is 14.0. The molecule has 2 aromatic carbocycles. The van der Waals surface area contributed by atoms with Gasteiger partial charge in [-0.1, -0.05) is 25.1 Å². The molecule has 0 radical (unpaired) electrons. The van der Waals surface area contributed by atoms with Crippen LogP contribution in [0.3, 0.4) is 0 Å². The van der Waals surface area contributed by atoms with Crippen molar-refractivity contribution in [3.63, 3.8) is 0 Å². The van der Waals surface area contributed by atoms with Gasteiger partial charge in [0.05, 0.1) is 34.9 Å². The Morgan fingerprint density at radius 1 is 1.21 bits per heavy atom. The average molecular weight is 389 g/mol. The first-order valence-electron chi connectivity index (χ1n) is 9.32. The van der Waals surface area contributed by atoms with Crippen LogP contribution in [-0.2, 0) is 13.5 Å². The summed E-state index contributed by atoms with van der Waals surface area (Å²) in [5.74, 6) is -1.06. The molecule has 0 atom stereocenters. The standard InChI is InChI=1S/C22H20FN5O/c1-4-14-8-9-17-21(26-18(11-24-17)15-10-25-28(3)12-15)20(14)27-22(29)19-13(2)6-5-7-16(19)23/h5-12H,4H2,1-3H3,(H,27,29). The van der Waals surface area contributed by atoms with Crippen molar-refractivity contribution >= 4 is 22.6 Å². The first kappa shape index (κ1) is 18.7. The number of hydrogen-bond acceptors (Lipinski definition) is 4. The Balaban J connectivity index is 1.84. The van der Waals surface area contributed by atoms with Gasteiger partial charge in [0.2, 0.25) is 0 Å². The largest absolute Gasteiger partial charge is 0.320 e. The van der Waals surface area contributed by atoms with Crippen LogP contribution in [0.25, 0.3) is 22.3 Å². The van der Waals surface area contributed by atoms with Crippen LogP contribution in [0.15, 0.2) is 48.9 Å². The smallest absolute Gasteiger partial charge is 0.258 e. The lowest BCUT2D eigenvalue weighted by atomic mass is 10.1. The molecule has 0 saturated carbocycles. The monoisotopic (exact) mass is 389 g/mol. The summed E-state index contributed by atoms with van der Waals surface area (Å²) in [7, 11) is 1.83.